The molecule has 2 aliphatic rings. The number of rotatable bonds is 4. The number of piperidine rings is 1. The predicted molar refractivity (Wildman–Crippen MR) is 101 cm³/mol. The molecule has 1 atom stereocenters. The fourth-order valence-corrected chi connectivity index (χ4v) is 5.34. The molecule has 1 aromatic rings. The maximum Gasteiger partial charge on any atom is 0.243 e. The SMILES string of the molecule is Cc1ccc(S(=O)(=O)N2CCCC(C(=O)NC3CCC(N)CC3)C2)cc1. The van der Waals surface area contributed by atoms with Crippen LogP contribution in [0.4, 0.5) is 0 Å². The first kappa shape index (κ1) is 19.3. The van der Waals surface area contributed by atoms with E-state index < -0.39 is 10.0 Å². The Morgan fingerprint density at radius 3 is 2.42 bits per heavy atom. The van der Waals surface area contributed by atoms with Crippen LogP contribution in [0.3, 0.4) is 0 Å². The molecule has 1 saturated heterocycles. The molecule has 0 spiro atoms. The van der Waals surface area contributed by atoms with Crippen LogP contribution in [0.5, 0.6) is 0 Å². The predicted octanol–water partition coefficient (Wildman–Crippen LogP) is 1.78. The zero-order valence-corrected chi connectivity index (χ0v) is 16.2. The zero-order valence-electron chi connectivity index (χ0n) is 15.4. The Labute approximate surface area is 156 Å². The minimum Gasteiger partial charge on any atom is -0.353 e. The fourth-order valence-electron chi connectivity index (χ4n) is 3.82. The Kier molecular flexibility index (Phi) is 5.99. The van der Waals surface area contributed by atoms with Crippen LogP contribution in [0.1, 0.15) is 44.1 Å². The second-order valence-electron chi connectivity index (χ2n) is 7.64. The van der Waals surface area contributed by atoms with Crippen molar-refractivity contribution in [1.29, 1.82) is 0 Å². The summed E-state index contributed by atoms with van der Waals surface area (Å²) in [7, 11) is -3.55. The van der Waals surface area contributed by atoms with E-state index in [-0.39, 0.29) is 30.5 Å². The Bertz CT molecular complexity index is 725. The van der Waals surface area contributed by atoms with E-state index in [0.717, 1.165) is 37.7 Å². The molecular weight excluding hydrogens is 350 g/mol. The highest BCUT2D eigenvalue weighted by Crippen LogP contribution is 2.25. The summed E-state index contributed by atoms with van der Waals surface area (Å²) in [5.74, 6) is -0.297. The van der Waals surface area contributed by atoms with Gasteiger partial charge in [0.05, 0.1) is 10.8 Å². The highest BCUT2D eigenvalue weighted by Gasteiger charge is 2.34. The van der Waals surface area contributed by atoms with Gasteiger partial charge in [0.1, 0.15) is 0 Å². The van der Waals surface area contributed by atoms with E-state index in [2.05, 4.69) is 5.32 Å². The third-order valence-electron chi connectivity index (χ3n) is 5.53. The van der Waals surface area contributed by atoms with Crippen molar-refractivity contribution in [3.63, 3.8) is 0 Å². The van der Waals surface area contributed by atoms with Gasteiger partial charge in [0.2, 0.25) is 15.9 Å². The summed E-state index contributed by atoms with van der Waals surface area (Å²) < 4.78 is 27.2. The van der Waals surface area contributed by atoms with Gasteiger partial charge < -0.3 is 11.1 Å². The number of carbonyl (C=O) groups is 1. The molecule has 0 aromatic heterocycles. The number of nitrogens with zero attached hydrogens (tertiary/aromatic N) is 1. The van der Waals surface area contributed by atoms with Crippen LogP contribution in [0.2, 0.25) is 0 Å². The first-order valence-corrected chi connectivity index (χ1v) is 10.9. The summed E-state index contributed by atoms with van der Waals surface area (Å²) in [5, 5.41) is 3.11. The van der Waals surface area contributed by atoms with Gasteiger partial charge in [0, 0.05) is 25.2 Å². The highest BCUT2D eigenvalue weighted by molar-refractivity contribution is 7.89. The van der Waals surface area contributed by atoms with E-state index in [1.807, 2.05) is 6.92 Å². The Hall–Kier alpha value is -1.44. The molecule has 1 aromatic carbocycles. The van der Waals surface area contributed by atoms with Crippen LogP contribution in [-0.2, 0) is 14.8 Å². The molecule has 1 amide bonds. The number of benzene rings is 1. The van der Waals surface area contributed by atoms with E-state index in [4.69, 9.17) is 5.73 Å². The summed E-state index contributed by atoms with van der Waals surface area (Å²) in [4.78, 5) is 12.9. The van der Waals surface area contributed by atoms with Crippen molar-refractivity contribution >= 4 is 15.9 Å². The summed E-state index contributed by atoms with van der Waals surface area (Å²) in [5.41, 5.74) is 6.94. The van der Waals surface area contributed by atoms with Crippen molar-refractivity contribution in [2.45, 2.75) is 62.4 Å². The van der Waals surface area contributed by atoms with Crippen LogP contribution in [0.15, 0.2) is 29.2 Å². The van der Waals surface area contributed by atoms with Gasteiger partial charge in [-0.3, -0.25) is 4.79 Å². The molecular formula is C19H29N3O3S. The lowest BCUT2D eigenvalue weighted by atomic mass is 9.91. The second-order valence-corrected chi connectivity index (χ2v) is 9.57. The van der Waals surface area contributed by atoms with Gasteiger partial charge in [0.15, 0.2) is 0 Å². The lowest BCUT2D eigenvalue weighted by Crippen LogP contribution is -2.48. The van der Waals surface area contributed by atoms with Crippen LogP contribution in [-0.4, -0.2) is 43.8 Å². The number of amides is 1. The molecule has 2 fully saturated rings. The third kappa shape index (κ3) is 4.45. The normalized spacial score (nSPS) is 27.8. The molecule has 144 valence electrons. The molecule has 0 bridgehead atoms. The lowest BCUT2D eigenvalue weighted by Gasteiger charge is -2.33. The first-order valence-electron chi connectivity index (χ1n) is 9.49. The van der Waals surface area contributed by atoms with E-state index in [0.29, 0.717) is 17.9 Å². The van der Waals surface area contributed by atoms with Crippen LogP contribution >= 0.6 is 0 Å². The average molecular weight is 380 g/mol. The smallest absolute Gasteiger partial charge is 0.243 e. The highest BCUT2D eigenvalue weighted by atomic mass is 32.2. The van der Waals surface area contributed by atoms with Gasteiger partial charge in [-0.2, -0.15) is 4.31 Å². The Morgan fingerprint density at radius 1 is 1.12 bits per heavy atom. The molecule has 3 N–H and O–H groups in total. The van der Waals surface area contributed by atoms with Crippen molar-refractivity contribution in [3.8, 4) is 0 Å². The summed E-state index contributed by atoms with van der Waals surface area (Å²) in [6.45, 7) is 2.66. The molecule has 1 unspecified atom stereocenters. The number of carbonyl (C=O) groups excluding carboxylic acids is 1. The monoisotopic (exact) mass is 379 g/mol. The number of hydrogen-bond donors (Lipinski definition) is 2. The standard InChI is InChI=1S/C19H29N3O3S/c1-14-4-10-18(11-5-14)26(24,25)22-12-2-3-15(13-22)19(23)21-17-8-6-16(20)7-9-17/h4-5,10-11,15-17H,2-3,6-9,12-13,20H2,1H3,(H,21,23). The number of nitrogens with one attached hydrogen (secondary N) is 1. The number of hydrogen-bond acceptors (Lipinski definition) is 4. The van der Waals surface area contributed by atoms with E-state index >= 15 is 0 Å². The molecule has 7 heteroatoms. The number of nitrogens with two attached hydrogens (primary N) is 1. The van der Waals surface area contributed by atoms with Gasteiger partial charge in [-0.15, -0.1) is 0 Å². The van der Waals surface area contributed by atoms with Gasteiger partial charge >= 0.3 is 0 Å². The first-order chi connectivity index (χ1) is 12.4. The minimum atomic E-state index is -3.55. The van der Waals surface area contributed by atoms with Gasteiger partial charge in [0.25, 0.3) is 0 Å². The fraction of sp³-hybridized carbons (Fsp3) is 0.632. The van der Waals surface area contributed by atoms with Gasteiger partial charge in [-0.25, -0.2) is 8.42 Å². The molecule has 1 heterocycles. The quantitative estimate of drug-likeness (QED) is 0.834. The molecule has 3 rings (SSSR count). The summed E-state index contributed by atoms with van der Waals surface area (Å²) in [6.07, 6.45) is 5.12. The van der Waals surface area contributed by atoms with Crippen molar-refractivity contribution in [1.82, 2.24) is 9.62 Å². The lowest BCUT2D eigenvalue weighted by molar-refractivity contribution is -0.127. The molecule has 26 heavy (non-hydrogen) atoms. The Morgan fingerprint density at radius 2 is 1.77 bits per heavy atom. The van der Waals surface area contributed by atoms with Crippen molar-refractivity contribution in [3.05, 3.63) is 29.8 Å². The second kappa shape index (κ2) is 8.06. The third-order valence-corrected chi connectivity index (χ3v) is 7.41. The Balaban J connectivity index is 1.63. The molecule has 1 saturated carbocycles. The van der Waals surface area contributed by atoms with Crippen LogP contribution < -0.4 is 11.1 Å². The van der Waals surface area contributed by atoms with Crippen molar-refractivity contribution in [2.75, 3.05) is 13.1 Å². The molecule has 6 nitrogen and oxygen atoms in total. The largest absolute Gasteiger partial charge is 0.353 e. The van der Waals surface area contributed by atoms with Crippen molar-refractivity contribution < 1.29 is 13.2 Å². The topological polar surface area (TPSA) is 92.5 Å². The maximum absolute atomic E-state index is 12.9. The molecule has 1 aliphatic carbocycles. The van der Waals surface area contributed by atoms with E-state index in [9.17, 15) is 13.2 Å². The van der Waals surface area contributed by atoms with E-state index in [1.54, 1.807) is 24.3 Å². The van der Waals surface area contributed by atoms with Gasteiger partial charge in [-0.1, -0.05) is 17.7 Å². The van der Waals surface area contributed by atoms with Gasteiger partial charge in [-0.05, 0) is 57.6 Å². The average Bonchev–Trinajstić information content (AvgIpc) is 2.64. The van der Waals surface area contributed by atoms with Crippen LogP contribution in [0, 0.1) is 12.8 Å². The van der Waals surface area contributed by atoms with Crippen molar-refractivity contribution in [2.24, 2.45) is 11.7 Å². The maximum atomic E-state index is 12.9. The minimum absolute atomic E-state index is 0.0192. The summed E-state index contributed by atoms with van der Waals surface area (Å²) in [6, 6.07) is 7.29. The number of aryl methyl sites for hydroxylation is 1. The van der Waals surface area contributed by atoms with Crippen LogP contribution in [0.25, 0.3) is 0 Å². The summed E-state index contributed by atoms with van der Waals surface area (Å²) >= 11 is 0. The molecule has 1 aliphatic heterocycles. The molecule has 0 radical (unpaired) electrons. The van der Waals surface area contributed by atoms with E-state index in [1.165, 1.54) is 4.31 Å². The zero-order chi connectivity index (χ0) is 18.7. The number of sulfonamides is 1.